The summed E-state index contributed by atoms with van der Waals surface area (Å²) in [5.74, 6) is 0.508. The maximum absolute atomic E-state index is 11.9. The van der Waals surface area contributed by atoms with Crippen LogP contribution < -0.4 is 10.6 Å². The lowest BCUT2D eigenvalue weighted by Gasteiger charge is -2.09. The summed E-state index contributed by atoms with van der Waals surface area (Å²) in [5, 5.41) is 6.96. The smallest absolute Gasteiger partial charge is 0.232 e. The molecular weight excluding hydrogens is 260 g/mol. The van der Waals surface area contributed by atoms with Crippen molar-refractivity contribution in [3.63, 3.8) is 0 Å². The van der Waals surface area contributed by atoms with Crippen molar-refractivity contribution in [1.82, 2.24) is 15.3 Å². The van der Waals surface area contributed by atoms with E-state index in [-0.39, 0.29) is 5.91 Å². The average Bonchev–Trinajstić information content (AvgIpc) is 2.81. The van der Waals surface area contributed by atoms with Crippen LogP contribution in [0.25, 0.3) is 0 Å². The zero-order valence-corrected chi connectivity index (χ0v) is 11.2. The van der Waals surface area contributed by atoms with Crippen LogP contribution in [0.5, 0.6) is 0 Å². The van der Waals surface area contributed by atoms with Gasteiger partial charge in [0.1, 0.15) is 10.8 Å². The molecule has 98 valence electrons. The third-order valence-corrected chi connectivity index (χ3v) is 3.99. The largest absolute Gasteiger partial charge is 0.311 e. The molecule has 0 spiro atoms. The summed E-state index contributed by atoms with van der Waals surface area (Å²) in [5.41, 5.74) is 1.14. The van der Waals surface area contributed by atoms with Crippen LogP contribution in [0.2, 0.25) is 0 Å². The molecule has 2 aromatic heterocycles. The van der Waals surface area contributed by atoms with Crippen LogP contribution in [0.4, 0.5) is 5.82 Å². The molecule has 6 heteroatoms. The number of fused-ring (bicyclic) bond motifs is 1. The number of amides is 1. The lowest BCUT2D eigenvalue weighted by Crippen LogP contribution is -2.22. The molecule has 0 aromatic carbocycles. The SMILES string of the molecule is O=C(Cc1nc2c(s1)CNCC2)Nc1ccccn1. The number of carbonyl (C=O) groups is 1. The van der Waals surface area contributed by atoms with Gasteiger partial charge >= 0.3 is 0 Å². The molecule has 19 heavy (non-hydrogen) atoms. The summed E-state index contributed by atoms with van der Waals surface area (Å²) < 4.78 is 0. The minimum absolute atomic E-state index is 0.0715. The molecule has 3 heterocycles. The van der Waals surface area contributed by atoms with Crippen LogP contribution in [0.15, 0.2) is 24.4 Å². The van der Waals surface area contributed by atoms with Crippen LogP contribution >= 0.6 is 11.3 Å². The number of hydrogen-bond acceptors (Lipinski definition) is 5. The van der Waals surface area contributed by atoms with Crippen molar-refractivity contribution < 1.29 is 4.79 Å². The molecule has 1 aliphatic heterocycles. The van der Waals surface area contributed by atoms with Gasteiger partial charge in [0.2, 0.25) is 5.91 Å². The Kier molecular flexibility index (Phi) is 3.52. The van der Waals surface area contributed by atoms with Crippen LogP contribution in [0.3, 0.4) is 0 Å². The van der Waals surface area contributed by atoms with Crippen molar-refractivity contribution >= 4 is 23.1 Å². The molecule has 0 atom stereocenters. The first-order valence-corrected chi connectivity index (χ1v) is 7.02. The first-order chi connectivity index (χ1) is 9.31. The van der Waals surface area contributed by atoms with Gasteiger partial charge in [0, 0.05) is 30.6 Å². The second-order valence-corrected chi connectivity index (χ2v) is 5.51. The third kappa shape index (κ3) is 2.97. The van der Waals surface area contributed by atoms with Gasteiger partial charge in [-0.2, -0.15) is 0 Å². The Hall–Kier alpha value is -1.79. The molecule has 0 unspecified atom stereocenters. The second kappa shape index (κ2) is 5.46. The standard InChI is InChI=1S/C13H14N4OS/c18-12(17-11-3-1-2-5-15-11)7-13-16-9-4-6-14-8-10(9)19-13/h1-3,5,14H,4,6-8H2,(H,15,17,18). The summed E-state index contributed by atoms with van der Waals surface area (Å²) in [4.78, 5) is 21.7. The van der Waals surface area contributed by atoms with E-state index in [0.717, 1.165) is 30.2 Å². The van der Waals surface area contributed by atoms with Gasteiger partial charge in [-0.15, -0.1) is 11.3 Å². The number of rotatable bonds is 3. The van der Waals surface area contributed by atoms with Crippen molar-refractivity contribution in [1.29, 1.82) is 0 Å². The summed E-state index contributed by atoms with van der Waals surface area (Å²) in [6, 6.07) is 5.43. The van der Waals surface area contributed by atoms with Gasteiger partial charge in [-0.25, -0.2) is 9.97 Å². The van der Waals surface area contributed by atoms with Gasteiger partial charge in [0.05, 0.1) is 12.1 Å². The van der Waals surface area contributed by atoms with Crippen LogP contribution in [0, 0.1) is 0 Å². The van der Waals surface area contributed by atoms with Crippen LogP contribution in [-0.4, -0.2) is 22.4 Å². The zero-order chi connectivity index (χ0) is 13.1. The minimum atomic E-state index is -0.0715. The van der Waals surface area contributed by atoms with E-state index in [2.05, 4.69) is 20.6 Å². The van der Waals surface area contributed by atoms with Crippen molar-refractivity contribution in [2.24, 2.45) is 0 Å². The van der Waals surface area contributed by atoms with Crippen molar-refractivity contribution in [2.75, 3.05) is 11.9 Å². The molecular formula is C13H14N4OS. The summed E-state index contributed by atoms with van der Waals surface area (Å²) >= 11 is 1.62. The molecule has 0 fully saturated rings. The Bertz CT molecular complexity index is 558. The highest BCUT2D eigenvalue weighted by molar-refractivity contribution is 7.11. The Morgan fingerprint density at radius 2 is 2.42 bits per heavy atom. The van der Waals surface area contributed by atoms with E-state index in [4.69, 9.17) is 0 Å². The fourth-order valence-corrected chi connectivity index (χ4v) is 3.10. The molecule has 0 saturated heterocycles. The van der Waals surface area contributed by atoms with Gasteiger partial charge in [-0.3, -0.25) is 4.79 Å². The van der Waals surface area contributed by atoms with E-state index >= 15 is 0 Å². The van der Waals surface area contributed by atoms with Crippen molar-refractivity contribution in [3.8, 4) is 0 Å². The lowest BCUT2D eigenvalue weighted by molar-refractivity contribution is -0.115. The number of thiazole rings is 1. The molecule has 3 rings (SSSR count). The number of anilines is 1. The predicted molar refractivity (Wildman–Crippen MR) is 74.1 cm³/mol. The first kappa shape index (κ1) is 12.3. The maximum Gasteiger partial charge on any atom is 0.232 e. The highest BCUT2D eigenvalue weighted by atomic mass is 32.1. The molecule has 1 aliphatic rings. The normalized spacial score (nSPS) is 13.9. The molecule has 0 radical (unpaired) electrons. The molecule has 1 amide bonds. The van der Waals surface area contributed by atoms with Crippen molar-refractivity contribution in [2.45, 2.75) is 19.4 Å². The number of carbonyl (C=O) groups excluding carboxylic acids is 1. The summed E-state index contributed by atoms with van der Waals surface area (Å²) in [6.45, 7) is 1.84. The minimum Gasteiger partial charge on any atom is -0.311 e. The Morgan fingerprint density at radius 3 is 3.21 bits per heavy atom. The first-order valence-electron chi connectivity index (χ1n) is 6.20. The van der Waals surface area contributed by atoms with E-state index in [0.29, 0.717) is 12.2 Å². The molecule has 0 bridgehead atoms. The summed E-state index contributed by atoms with van der Waals surface area (Å²) in [6.07, 6.45) is 2.92. The predicted octanol–water partition coefficient (Wildman–Crippen LogP) is 1.36. The quantitative estimate of drug-likeness (QED) is 0.887. The molecule has 5 nitrogen and oxygen atoms in total. The molecule has 0 saturated carbocycles. The average molecular weight is 274 g/mol. The number of aromatic nitrogens is 2. The lowest BCUT2D eigenvalue weighted by atomic mass is 10.2. The molecule has 2 aromatic rings. The highest BCUT2D eigenvalue weighted by Gasteiger charge is 2.16. The van der Waals surface area contributed by atoms with E-state index in [1.54, 1.807) is 23.6 Å². The third-order valence-electron chi connectivity index (χ3n) is 2.89. The van der Waals surface area contributed by atoms with Gasteiger partial charge in [-0.1, -0.05) is 6.07 Å². The number of hydrogen-bond donors (Lipinski definition) is 2. The van der Waals surface area contributed by atoms with E-state index < -0.39 is 0 Å². The van der Waals surface area contributed by atoms with Gasteiger partial charge in [0.15, 0.2) is 0 Å². The van der Waals surface area contributed by atoms with Crippen molar-refractivity contribution in [3.05, 3.63) is 40.0 Å². The number of nitrogens with one attached hydrogen (secondary N) is 2. The fourth-order valence-electron chi connectivity index (χ4n) is 2.02. The monoisotopic (exact) mass is 274 g/mol. The van der Waals surface area contributed by atoms with E-state index in [1.807, 2.05) is 12.1 Å². The van der Waals surface area contributed by atoms with E-state index in [9.17, 15) is 4.79 Å². The van der Waals surface area contributed by atoms with Gasteiger partial charge in [0.25, 0.3) is 0 Å². The Morgan fingerprint density at radius 1 is 1.47 bits per heavy atom. The van der Waals surface area contributed by atoms with E-state index in [1.165, 1.54) is 4.88 Å². The topological polar surface area (TPSA) is 66.9 Å². The van der Waals surface area contributed by atoms with Gasteiger partial charge in [-0.05, 0) is 12.1 Å². The van der Waals surface area contributed by atoms with Crippen LogP contribution in [0.1, 0.15) is 15.6 Å². The summed E-state index contributed by atoms with van der Waals surface area (Å²) in [7, 11) is 0. The number of nitrogens with zero attached hydrogens (tertiary/aromatic N) is 2. The number of pyridine rings is 1. The maximum atomic E-state index is 11.9. The second-order valence-electron chi connectivity index (χ2n) is 4.34. The highest BCUT2D eigenvalue weighted by Crippen LogP contribution is 2.22. The zero-order valence-electron chi connectivity index (χ0n) is 10.3. The molecule has 0 aliphatic carbocycles. The Balaban J connectivity index is 1.65. The molecule has 2 N–H and O–H groups in total. The fraction of sp³-hybridized carbons (Fsp3) is 0.308. The van der Waals surface area contributed by atoms with Crippen LogP contribution in [-0.2, 0) is 24.2 Å². The van der Waals surface area contributed by atoms with Gasteiger partial charge < -0.3 is 10.6 Å². The Labute approximate surface area is 115 Å².